The average Bonchev–Trinajstić information content (AvgIpc) is 2.47. The molecule has 0 unspecified atom stereocenters. The van der Waals surface area contributed by atoms with Crippen LogP contribution in [-0.2, 0) is 9.53 Å². The average molecular weight is 362 g/mol. The molecule has 0 fully saturated rings. The first-order valence-corrected chi connectivity index (χ1v) is 7.55. The molecule has 0 heterocycles. The van der Waals surface area contributed by atoms with Crippen LogP contribution in [-0.4, -0.2) is 18.5 Å². The number of esters is 1. The van der Waals surface area contributed by atoms with Crippen molar-refractivity contribution in [3.63, 3.8) is 0 Å². The number of nitrogens with one attached hydrogen (secondary N) is 1. The van der Waals surface area contributed by atoms with Crippen LogP contribution in [0.3, 0.4) is 0 Å². The lowest BCUT2D eigenvalue weighted by Crippen LogP contribution is -2.21. The third-order valence-electron chi connectivity index (χ3n) is 3.05. The van der Waals surface area contributed by atoms with Gasteiger partial charge in [0.25, 0.3) is 5.91 Å². The summed E-state index contributed by atoms with van der Waals surface area (Å²) in [5, 5.41) is 2.72. The van der Waals surface area contributed by atoms with E-state index in [9.17, 15) is 9.59 Å². The van der Waals surface area contributed by atoms with E-state index in [1.54, 1.807) is 24.3 Å². The molecule has 0 saturated heterocycles. The van der Waals surface area contributed by atoms with Crippen molar-refractivity contribution >= 4 is 33.5 Å². The molecular formula is C17H16BrNO3. The Bertz CT molecular complexity index is 713. The first-order valence-electron chi connectivity index (χ1n) is 6.75. The van der Waals surface area contributed by atoms with E-state index >= 15 is 0 Å². The molecule has 0 atom stereocenters. The monoisotopic (exact) mass is 361 g/mol. The quantitative estimate of drug-likeness (QED) is 0.841. The lowest BCUT2D eigenvalue weighted by atomic mass is 10.1. The molecule has 22 heavy (non-hydrogen) atoms. The molecular weight excluding hydrogens is 346 g/mol. The van der Waals surface area contributed by atoms with Crippen LogP contribution in [0.5, 0.6) is 0 Å². The number of hydrogen-bond acceptors (Lipinski definition) is 3. The van der Waals surface area contributed by atoms with Crippen molar-refractivity contribution in [3.8, 4) is 0 Å². The molecule has 0 saturated carbocycles. The minimum Gasteiger partial charge on any atom is -0.452 e. The van der Waals surface area contributed by atoms with Gasteiger partial charge < -0.3 is 10.1 Å². The summed E-state index contributed by atoms with van der Waals surface area (Å²) in [4.78, 5) is 23.7. The molecule has 1 amide bonds. The molecule has 0 aliphatic rings. The van der Waals surface area contributed by atoms with Gasteiger partial charge in [-0.05, 0) is 49.7 Å². The van der Waals surface area contributed by atoms with Crippen molar-refractivity contribution in [3.05, 3.63) is 63.6 Å². The summed E-state index contributed by atoms with van der Waals surface area (Å²) < 4.78 is 5.96. The number of hydrogen-bond donors (Lipinski definition) is 1. The highest BCUT2D eigenvalue weighted by atomic mass is 79.9. The number of rotatable bonds is 4. The fourth-order valence-electron chi connectivity index (χ4n) is 1.94. The number of carbonyl (C=O) groups is 2. The molecule has 2 aromatic rings. The Morgan fingerprint density at radius 1 is 1.14 bits per heavy atom. The smallest absolute Gasteiger partial charge is 0.338 e. The summed E-state index contributed by atoms with van der Waals surface area (Å²) >= 11 is 3.36. The number of aryl methyl sites for hydroxylation is 2. The molecule has 114 valence electrons. The summed E-state index contributed by atoms with van der Waals surface area (Å²) in [6.07, 6.45) is 0. The topological polar surface area (TPSA) is 55.4 Å². The third kappa shape index (κ3) is 4.43. The fraction of sp³-hybridized carbons (Fsp3) is 0.176. The molecule has 0 bridgehead atoms. The van der Waals surface area contributed by atoms with Crippen molar-refractivity contribution in [2.75, 3.05) is 11.9 Å². The van der Waals surface area contributed by atoms with E-state index in [0.717, 1.165) is 15.6 Å². The van der Waals surface area contributed by atoms with Crippen LogP contribution in [0.4, 0.5) is 5.69 Å². The lowest BCUT2D eigenvalue weighted by molar-refractivity contribution is -0.119. The normalized spacial score (nSPS) is 10.1. The van der Waals surface area contributed by atoms with Crippen molar-refractivity contribution in [2.45, 2.75) is 13.8 Å². The predicted octanol–water partition coefficient (Wildman–Crippen LogP) is 3.86. The summed E-state index contributed by atoms with van der Waals surface area (Å²) in [6, 6.07) is 12.6. The molecule has 2 aromatic carbocycles. The van der Waals surface area contributed by atoms with Gasteiger partial charge in [-0.1, -0.05) is 33.6 Å². The largest absolute Gasteiger partial charge is 0.452 e. The Balaban J connectivity index is 1.91. The minimum absolute atomic E-state index is 0.317. The highest BCUT2D eigenvalue weighted by molar-refractivity contribution is 9.10. The maximum absolute atomic E-state index is 11.9. The lowest BCUT2D eigenvalue weighted by Gasteiger charge is -2.09. The van der Waals surface area contributed by atoms with Gasteiger partial charge in [-0.2, -0.15) is 0 Å². The number of amides is 1. The molecule has 0 aromatic heterocycles. The van der Waals surface area contributed by atoms with Gasteiger partial charge in [0.1, 0.15) is 0 Å². The summed E-state index contributed by atoms with van der Waals surface area (Å²) in [6.45, 7) is 3.46. The van der Waals surface area contributed by atoms with Crippen LogP contribution >= 0.6 is 15.9 Å². The van der Waals surface area contributed by atoms with Crippen LogP contribution < -0.4 is 5.32 Å². The van der Waals surface area contributed by atoms with E-state index in [1.807, 2.05) is 32.0 Å². The Morgan fingerprint density at radius 2 is 1.91 bits per heavy atom. The third-order valence-corrected chi connectivity index (χ3v) is 3.54. The van der Waals surface area contributed by atoms with E-state index in [0.29, 0.717) is 11.3 Å². The van der Waals surface area contributed by atoms with Crippen molar-refractivity contribution in [1.82, 2.24) is 0 Å². The Morgan fingerprint density at radius 3 is 2.59 bits per heavy atom. The number of benzene rings is 2. The molecule has 1 N–H and O–H groups in total. The molecule has 0 aliphatic heterocycles. The van der Waals surface area contributed by atoms with E-state index in [1.165, 1.54) is 0 Å². The fourth-order valence-corrected chi connectivity index (χ4v) is 2.42. The maximum Gasteiger partial charge on any atom is 0.338 e. The van der Waals surface area contributed by atoms with Gasteiger partial charge in [-0.25, -0.2) is 4.79 Å². The van der Waals surface area contributed by atoms with E-state index in [-0.39, 0.29) is 12.5 Å². The SMILES string of the molecule is Cc1cccc(C(=O)OCC(=O)Nc2ccc(Br)cc2C)c1. The van der Waals surface area contributed by atoms with Gasteiger partial charge in [-0.15, -0.1) is 0 Å². The Hall–Kier alpha value is -2.14. The van der Waals surface area contributed by atoms with Crippen molar-refractivity contribution in [1.29, 1.82) is 0 Å². The highest BCUT2D eigenvalue weighted by Gasteiger charge is 2.11. The number of ether oxygens (including phenoxy) is 1. The standard InChI is InChI=1S/C17H16BrNO3/c1-11-4-3-5-13(8-11)17(21)22-10-16(20)19-15-7-6-14(18)9-12(15)2/h3-9H,10H2,1-2H3,(H,19,20). The zero-order valence-corrected chi connectivity index (χ0v) is 13.9. The number of halogens is 1. The first-order chi connectivity index (χ1) is 10.5. The molecule has 0 radical (unpaired) electrons. The number of carbonyl (C=O) groups excluding carboxylic acids is 2. The van der Waals surface area contributed by atoms with E-state index in [2.05, 4.69) is 21.2 Å². The zero-order valence-electron chi connectivity index (χ0n) is 12.4. The van der Waals surface area contributed by atoms with E-state index in [4.69, 9.17) is 4.74 Å². The molecule has 0 spiro atoms. The summed E-state index contributed by atoms with van der Waals surface area (Å²) in [7, 11) is 0. The molecule has 2 rings (SSSR count). The van der Waals surface area contributed by atoms with Crippen LogP contribution in [0, 0.1) is 13.8 Å². The van der Waals surface area contributed by atoms with Gasteiger partial charge in [0, 0.05) is 10.2 Å². The van der Waals surface area contributed by atoms with Gasteiger partial charge >= 0.3 is 5.97 Å². The van der Waals surface area contributed by atoms with Gasteiger partial charge in [-0.3, -0.25) is 4.79 Å². The zero-order chi connectivity index (χ0) is 16.1. The highest BCUT2D eigenvalue weighted by Crippen LogP contribution is 2.19. The molecule has 0 aliphatic carbocycles. The van der Waals surface area contributed by atoms with Crippen LogP contribution in [0.1, 0.15) is 21.5 Å². The van der Waals surface area contributed by atoms with Crippen molar-refractivity contribution < 1.29 is 14.3 Å². The van der Waals surface area contributed by atoms with Gasteiger partial charge in [0.2, 0.25) is 0 Å². The Labute approximate surface area is 137 Å². The van der Waals surface area contributed by atoms with E-state index < -0.39 is 5.97 Å². The van der Waals surface area contributed by atoms with Crippen LogP contribution in [0.15, 0.2) is 46.9 Å². The maximum atomic E-state index is 11.9. The Kier molecular flexibility index (Phi) is 5.33. The second kappa shape index (κ2) is 7.22. The van der Waals surface area contributed by atoms with Crippen molar-refractivity contribution in [2.24, 2.45) is 0 Å². The summed E-state index contributed by atoms with van der Waals surface area (Å²) in [5.41, 5.74) is 3.02. The second-order valence-electron chi connectivity index (χ2n) is 4.95. The van der Waals surface area contributed by atoms with Gasteiger partial charge in [0.05, 0.1) is 5.56 Å². The molecule has 4 nitrogen and oxygen atoms in total. The van der Waals surface area contributed by atoms with Gasteiger partial charge in [0.15, 0.2) is 6.61 Å². The van der Waals surface area contributed by atoms with Crippen LogP contribution in [0.25, 0.3) is 0 Å². The predicted molar refractivity (Wildman–Crippen MR) is 89.0 cm³/mol. The second-order valence-corrected chi connectivity index (χ2v) is 5.87. The summed E-state index contributed by atoms with van der Waals surface area (Å²) in [5.74, 6) is -0.877. The van der Waals surface area contributed by atoms with Crippen LogP contribution in [0.2, 0.25) is 0 Å². The number of anilines is 1. The molecule has 5 heteroatoms. The first kappa shape index (κ1) is 16.2. The minimum atomic E-state index is -0.508.